The van der Waals surface area contributed by atoms with Crippen LogP contribution in [0.25, 0.3) is 10.4 Å². The molecule has 0 saturated heterocycles. The van der Waals surface area contributed by atoms with Gasteiger partial charge < -0.3 is 0 Å². The molecule has 1 aromatic rings. The van der Waals surface area contributed by atoms with E-state index in [9.17, 15) is 0 Å². The third kappa shape index (κ3) is 1.73. The molecule has 0 N–H and O–H groups in total. The van der Waals surface area contributed by atoms with Crippen LogP contribution < -0.4 is 0 Å². The van der Waals surface area contributed by atoms with Crippen molar-refractivity contribution >= 4 is 0 Å². The summed E-state index contributed by atoms with van der Waals surface area (Å²) in [5.41, 5.74) is 9.94. The van der Waals surface area contributed by atoms with Gasteiger partial charge in [0.25, 0.3) is 0 Å². The van der Waals surface area contributed by atoms with Crippen molar-refractivity contribution < 1.29 is 0 Å². The SMILES string of the molecule is [N-]=[N+]=NCCC1(c2ccccc2)CC1. The lowest BCUT2D eigenvalue weighted by Gasteiger charge is -2.13. The maximum Gasteiger partial charge on any atom is 0.0266 e. The second kappa shape index (κ2) is 3.72. The van der Waals surface area contributed by atoms with Crippen LogP contribution in [-0.2, 0) is 5.41 Å². The quantitative estimate of drug-likeness (QED) is 0.394. The second-order valence-electron chi connectivity index (χ2n) is 3.85. The molecule has 1 fully saturated rings. The number of benzene rings is 1. The summed E-state index contributed by atoms with van der Waals surface area (Å²) in [6, 6.07) is 10.5. The largest absolute Gasteiger partial charge is 0.0939 e. The van der Waals surface area contributed by atoms with Gasteiger partial charge in [-0.3, -0.25) is 0 Å². The minimum Gasteiger partial charge on any atom is -0.0939 e. The van der Waals surface area contributed by atoms with Crippen molar-refractivity contribution in [1.82, 2.24) is 0 Å². The van der Waals surface area contributed by atoms with Crippen LogP contribution in [0.5, 0.6) is 0 Å². The minimum absolute atomic E-state index is 0.329. The molecule has 1 aromatic carbocycles. The summed E-state index contributed by atoms with van der Waals surface area (Å²) in [6.07, 6.45) is 3.46. The maximum absolute atomic E-state index is 8.21. The van der Waals surface area contributed by atoms with Crippen LogP contribution in [0.4, 0.5) is 0 Å². The van der Waals surface area contributed by atoms with E-state index in [1.54, 1.807) is 0 Å². The Bertz CT molecular complexity index is 348. The molecule has 0 unspecified atom stereocenters. The van der Waals surface area contributed by atoms with E-state index in [4.69, 9.17) is 5.53 Å². The highest BCUT2D eigenvalue weighted by Gasteiger charge is 2.42. The van der Waals surface area contributed by atoms with Crippen LogP contribution in [0, 0.1) is 0 Å². The first-order valence-corrected chi connectivity index (χ1v) is 4.94. The molecule has 0 atom stereocenters. The Morgan fingerprint density at radius 1 is 1.29 bits per heavy atom. The number of hydrogen-bond acceptors (Lipinski definition) is 1. The lowest BCUT2D eigenvalue weighted by Crippen LogP contribution is -2.07. The Balaban J connectivity index is 2.06. The Labute approximate surface area is 83.4 Å². The molecule has 3 heteroatoms. The van der Waals surface area contributed by atoms with Crippen LogP contribution >= 0.6 is 0 Å². The monoisotopic (exact) mass is 187 g/mol. The lowest BCUT2D eigenvalue weighted by atomic mass is 9.93. The van der Waals surface area contributed by atoms with Crippen molar-refractivity contribution in [1.29, 1.82) is 0 Å². The van der Waals surface area contributed by atoms with E-state index < -0.39 is 0 Å². The number of nitrogens with zero attached hydrogens (tertiary/aromatic N) is 3. The molecule has 0 amide bonds. The van der Waals surface area contributed by atoms with Crippen molar-refractivity contribution in [2.24, 2.45) is 5.11 Å². The third-order valence-corrected chi connectivity index (χ3v) is 2.99. The molecule has 0 bridgehead atoms. The highest BCUT2D eigenvalue weighted by Crippen LogP contribution is 2.50. The van der Waals surface area contributed by atoms with Gasteiger partial charge in [-0.15, -0.1) is 0 Å². The first-order valence-electron chi connectivity index (χ1n) is 4.94. The maximum atomic E-state index is 8.21. The molecule has 3 nitrogen and oxygen atoms in total. The number of rotatable bonds is 4. The fraction of sp³-hybridized carbons (Fsp3) is 0.455. The van der Waals surface area contributed by atoms with Crippen molar-refractivity contribution in [2.75, 3.05) is 6.54 Å². The Hall–Kier alpha value is -1.47. The molecule has 1 aliphatic rings. The molecule has 1 aliphatic carbocycles. The van der Waals surface area contributed by atoms with Crippen LogP contribution in [0.1, 0.15) is 24.8 Å². The van der Waals surface area contributed by atoms with Gasteiger partial charge in [0.05, 0.1) is 0 Å². The zero-order valence-electron chi connectivity index (χ0n) is 8.06. The highest BCUT2D eigenvalue weighted by molar-refractivity contribution is 5.30. The summed E-state index contributed by atoms with van der Waals surface area (Å²) in [5.74, 6) is 0. The fourth-order valence-corrected chi connectivity index (χ4v) is 1.93. The smallest absolute Gasteiger partial charge is 0.0266 e. The van der Waals surface area contributed by atoms with Gasteiger partial charge in [-0.1, -0.05) is 35.4 Å². The topological polar surface area (TPSA) is 48.8 Å². The molecule has 0 spiro atoms. The highest BCUT2D eigenvalue weighted by atomic mass is 15.1. The molecule has 2 rings (SSSR count). The van der Waals surface area contributed by atoms with Crippen LogP contribution in [-0.4, -0.2) is 6.54 Å². The lowest BCUT2D eigenvalue weighted by molar-refractivity contribution is 0.628. The summed E-state index contributed by atoms with van der Waals surface area (Å²) >= 11 is 0. The first-order chi connectivity index (χ1) is 6.87. The van der Waals surface area contributed by atoms with Gasteiger partial charge in [0, 0.05) is 11.5 Å². The summed E-state index contributed by atoms with van der Waals surface area (Å²) in [7, 11) is 0. The second-order valence-corrected chi connectivity index (χ2v) is 3.85. The van der Waals surface area contributed by atoms with Crippen molar-refractivity contribution in [2.45, 2.75) is 24.7 Å². The predicted molar refractivity (Wildman–Crippen MR) is 56.0 cm³/mol. The van der Waals surface area contributed by atoms with E-state index in [-0.39, 0.29) is 0 Å². The molecular formula is C11H13N3. The van der Waals surface area contributed by atoms with Crippen molar-refractivity contribution in [3.63, 3.8) is 0 Å². The summed E-state index contributed by atoms with van der Waals surface area (Å²) in [5, 5.41) is 3.60. The zero-order valence-corrected chi connectivity index (χ0v) is 8.06. The normalized spacial score (nSPS) is 17.1. The van der Waals surface area contributed by atoms with Crippen molar-refractivity contribution in [3.05, 3.63) is 46.3 Å². The average molecular weight is 187 g/mol. The van der Waals surface area contributed by atoms with Gasteiger partial charge in [0.2, 0.25) is 0 Å². The Kier molecular flexibility index (Phi) is 2.42. The summed E-state index contributed by atoms with van der Waals surface area (Å²) < 4.78 is 0. The van der Waals surface area contributed by atoms with Crippen LogP contribution in [0.3, 0.4) is 0 Å². The Morgan fingerprint density at radius 3 is 2.57 bits per heavy atom. The van der Waals surface area contributed by atoms with E-state index in [2.05, 4.69) is 34.3 Å². The molecule has 0 aliphatic heterocycles. The molecule has 14 heavy (non-hydrogen) atoms. The number of azide groups is 1. The van der Waals surface area contributed by atoms with Crippen LogP contribution in [0.2, 0.25) is 0 Å². The first kappa shape index (κ1) is 9.10. The molecule has 0 aromatic heterocycles. The average Bonchev–Trinajstić information content (AvgIpc) is 3.01. The van der Waals surface area contributed by atoms with Gasteiger partial charge in [-0.05, 0) is 35.8 Å². The molecule has 0 heterocycles. The van der Waals surface area contributed by atoms with E-state index in [1.165, 1.54) is 18.4 Å². The standard InChI is InChI=1S/C11H13N3/c12-14-13-9-8-11(6-7-11)10-4-2-1-3-5-10/h1-5H,6-9H2. The van der Waals surface area contributed by atoms with Gasteiger partial charge in [-0.2, -0.15) is 0 Å². The third-order valence-electron chi connectivity index (χ3n) is 2.99. The summed E-state index contributed by atoms with van der Waals surface area (Å²) in [6.45, 7) is 0.616. The molecule has 72 valence electrons. The van der Waals surface area contributed by atoms with Crippen molar-refractivity contribution in [3.8, 4) is 0 Å². The summed E-state index contributed by atoms with van der Waals surface area (Å²) in [4.78, 5) is 2.79. The van der Waals surface area contributed by atoms with Gasteiger partial charge >= 0.3 is 0 Å². The van der Waals surface area contributed by atoms with E-state index in [0.717, 1.165) is 6.42 Å². The van der Waals surface area contributed by atoms with E-state index >= 15 is 0 Å². The van der Waals surface area contributed by atoms with Gasteiger partial charge in [-0.25, -0.2) is 0 Å². The van der Waals surface area contributed by atoms with Crippen LogP contribution in [0.15, 0.2) is 35.4 Å². The van der Waals surface area contributed by atoms with E-state index in [1.807, 2.05) is 6.07 Å². The van der Waals surface area contributed by atoms with Gasteiger partial charge in [0.15, 0.2) is 0 Å². The zero-order chi connectivity index (χ0) is 9.86. The molecule has 0 radical (unpaired) electrons. The Morgan fingerprint density at radius 2 is 2.00 bits per heavy atom. The molecular weight excluding hydrogens is 174 g/mol. The molecule has 1 saturated carbocycles. The minimum atomic E-state index is 0.329. The number of hydrogen-bond donors (Lipinski definition) is 0. The van der Waals surface area contributed by atoms with E-state index in [0.29, 0.717) is 12.0 Å². The predicted octanol–water partition coefficient (Wildman–Crippen LogP) is 3.42. The fourth-order valence-electron chi connectivity index (χ4n) is 1.93. The van der Waals surface area contributed by atoms with Gasteiger partial charge in [0.1, 0.15) is 0 Å².